The molecular weight excluding hydrogens is 468 g/mol. The molecule has 0 aliphatic carbocycles. The lowest BCUT2D eigenvalue weighted by molar-refractivity contribution is 0.0908. The quantitative estimate of drug-likeness (QED) is 0.566. The monoisotopic (exact) mass is 496 g/mol. The second-order valence-electron chi connectivity index (χ2n) is 8.83. The molecule has 2 aliphatic heterocycles. The number of amides is 1. The van der Waals surface area contributed by atoms with Crippen molar-refractivity contribution < 1.29 is 13.2 Å². The first-order valence-electron chi connectivity index (χ1n) is 11.6. The van der Waals surface area contributed by atoms with E-state index in [9.17, 15) is 13.2 Å². The van der Waals surface area contributed by atoms with Crippen molar-refractivity contribution in [2.75, 3.05) is 19.6 Å². The molecule has 0 radical (unpaired) electrons. The highest BCUT2D eigenvalue weighted by Crippen LogP contribution is 2.28. The van der Waals surface area contributed by atoms with Crippen molar-refractivity contribution in [3.63, 3.8) is 0 Å². The molecule has 2 aromatic heterocycles. The number of fused-ring (bicyclic) bond motifs is 1. The molecule has 3 aromatic rings. The summed E-state index contributed by atoms with van der Waals surface area (Å²) in [5, 5.41) is 5.11. The summed E-state index contributed by atoms with van der Waals surface area (Å²) in [6.07, 6.45) is 4.24. The van der Waals surface area contributed by atoms with Crippen LogP contribution in [0.5, 0.6) is 0 Å². The zero-order valence-electron chi connectivity index (χ0n) is 18.9. The molecule has 7 nitrogen and oxygen atoms in total. The van der Waals surface area contributed by atoms with E-state index in [0.717, 1.165) is 50.2 Å². The first-order chi connectivity index (χ1) is 16.5. The summed E-state index contributed by atoms with van der Waals surface area (Å²) in [6, 6.07) is 14.4. The first-order valence-corrected chi connectivity index (χ1v) is 13.9. The van der Waals surface area contributed by atoms with Crippen molar-refractivity contribution in [1.29, 1.82) is 0 Å². The van der Waals surface area contributed by atoms with E-state index in [2.05, 4.69) is 15.2 Å². The average Bonchev–Trinajstić information content (AvgIpc) is 3.34. The largest absolute Gasteiger partial charge is 0.349 e. The smallest absolute Gasteiger partial charge is 0.251 e. The van der Waals surface area contributed by atoms with Gasteiger partial charge in [-0.3, -0.25) is 14.7 Å². The molecule has 9 heteroatoms. The maximum absolute atomic E-state index is 13.3. The summed E-state index contributed by atoms with van der Waals surface area (Å²) in [5.41, 5.74) is 2.50. The zero-order valence-corrected chi connectivity index (χ0v) is 20.5. The van der Waals surface area contributed by atoms with Crippen LogP contribution in [-0.2, 0) is 29.5 Å². The van der Waals surface area contributed by atoms with Gasteiger partial charge in [0.15, 0.2) is 0 Å². The summed E-state index contributed by atoms with van der Waals surface area (Å²) in [5.74, 6) is -0.223. The second-order valence-corrected chi connectivity index (χ2v) is 11.8. The normalized spacial score (nSPS) is 17.9. The number of carbonyl (C=O) groups excluding carboxylic acids is 1. The number of nitrogens with zero attached hydrogens (tertiary/aromatic N) is 3. The van der Waals surface area contributed by atoms with Crippen molar-refractivity contribution in [1.82, 2.24) is 19.5 Å². The zero-order chi connectivity index (χ0) is 23.5. The highest BCUT2D eigenvalue weighted by Gasteiger charge is 2.29. The number of rotatable bonds is 6. The Kier molecular flexibility index (Phi) is 6.78. The number of nitrogens with one attached hydrogen (secondary N) is 1. The number of carbonyl (C=O) groups is 1. The molecule has 5 rings (SSSR count). The fourth-order valence-corrected chi connectivity index (χ4v) is 6.95. The molecule has 1 fully saturated rings. The molecular formula is C25H28N4O3S2. The third kappa shape index (κ3) is 5.07. The van der Waals surface area contributed by atoms with Crippen LogP contribution in [0.1, 0.15) is 39.3 Å². The summed E-state index contributed by atoms with van der Waals surface area (Å²) in [7, 11) is -3.66. The van der Waals surface area contributed by atoms with Gasteiger partial charge < -0.3 is 5.32 Å². The van der Waals surface area contributed by atoms with Gasteiger partial charge in [-0.25, -0.2) is 8.42 Å². The molecule has 0 spiro atoms. The molecule has 1 amide bonds. The molecule has 0 unspecified atom stereocenters. The SMILES string of the molecule is O=C(NC1CCN(Cc2ccccn2)CC1)c1cccc(S(=O)(=O)N2CCc3sccc3C2)c1. The first kappa shape index (κ1) is 23.2. The Morgan fingerprint density at radius 1 is 1.09 bits per heavy atom. The molecule has 34 heavy (non-hydrogen) atoms. The van der Waals surface area contributed by atoms with Gasteiger partial charge in [0.2, 0.25) is 10.0 Å². The van der Waals surface area contributed by atoms with Crippen LogP contribution in [0.3, 0.4) is 0 Å². The van der Waals surface area contributed by atoms with Gasteiger partial charge in [-0.05, 0) is 66.6 Å². The lowest BCUT2D eigenvalue weighted by atomic mass is 10.0. The van der Waals surface area contributed by atoms with E-state index in [1.54, 1.807) is 35.7 Å². The number of hydrogen-bond acceptors (Lipinski definition) is 6. The van der Waals surface area contributed by atoms with Crippen molar-refractivity contribution in [2.24, 2.45) is 0 Å². The van der Waals surface area contributed by atoms with Gasteiger partial charge in [-0.1, -0.05) is 12.1 Å². The summed E-state index contributed by atoms with van der Waals surface area (Å²) in [4.78, 5) is 21.1. The van der Waals surface area contributed by atoms with E-state index in [1.807, 2.05) is 29.6 Å². The Morgan fingerprint density at radius 3 is 2.74 bits per heavy atom. The van der Waals surface area contributed by atoms with Crippen molar-refractivity contribution in [3.8, 4) is 0 Å². The lowest BCUT2D eigenvalue weighted by Crippen LogP contribution is -2.44. The van der Waals surface area contributed by atoms with Crippen LogP contribution in [0.25, 0.3) is 0 Å². The molecule has 1 N–H and O–H groups in total. The minimum atomic E-state index is -3.66. The minimum Gasteiger partial charge on any atom is -0.349 e. The molecule has 1 saturated heterocycles. The van der Waals surface area contributed by atoms with Gasteiger partial charge in [0.1, 0.15) is 0 Å². The Hall–Kier alpha value is -2.59. The van der Waals surface area contributed by atoms with E-state index in [4.69, 9.17) is 0 Å². The van der Waals surface area contributed by atoms with E-state index >= 15 is 0 Å². The van der Waals surface area contributed by atoms with Crippen LogP contribution in [0.4, 0.5) is 0 Å². The van der Waals surface area contributed by atoms with Crippen LogP contribution in [-0.4, -0.2) is 54.2 Å². The van der Waals surface area contributed by atoms with Gasteiger partial charge in [0.05, 0.1) is 10.6 Å². The summed E-state index contributed by atoms with van der Waals surface area (Å²) < 4.78 is 28.0. The van der Waals surface area contributed by atoms with Crippen LogP contribution in [0.2, 0.25) is 0 Å². The van der Waals surface area contributed by atoms with Crippen molar-refractivity contribution >= 4 is 27.3 Å². The number of benzene rings is 1. The molecule has 0 bridgehead atoms. The van der Waals surface area contributed by atoms with Crippen LogP contribution in [0, 0.1) is 0 Å². The number of piperidine rings is 1. The summed E-state index contributed by atoms with van der Waals surface area (Å²) >= 11 is 1.68. The van der Waals surface area contributed by atoms with Gasteiger partial charge in [-0.2, -0.15) is 4.31 Å². The van der Waals surface area contributed by atoms with Crippen LogP contribution >= 0.6 is 11.3 Å². The molecule has 0 atom stereocenters. The maximum atomic E-state index is 13.3. The standard InChI is InChI=1S/C25H28N4O3S2/c30-25(27-21-7-12-28(13-8-21)18-22-5-1-2-11-26-22)19-4-3-6-23(16-19)34(31,32)29-14-9-24-20(17-29)10-15-33-24/h1-6,10-11,15-16,21H,7-9,12-14,17-18H2,(H,27,30). The number of thiophene rings is 1. The molecule has 2 aliphatic rings. The second kappa shape index (κ2) is 9.95. The Bertz CT molecular complexity index is 1250. The molecule has 1 aromatic carbocycles. The van der Waals surface area contributed by atoms with E-state index in [0.29, 0.717) is 18.7 Å². The van der Waals surface area contributed by atoms with Gasteiger partial charge in [0, 0.05) is 55.4 Å². The van der Waals surface area contributed by atoms with Crippen LogP contribution < -0.4 is 5.32 Å². The van der Waals surface area contributed by atoms with E-state index in [-0.39, 0.29) is 16.8 Å². The maximum Gasteiger partial charge on any atom is 0.251 e. The molecule has 178 valence electrons. The van der Waals surface area contributed by atoms with Crippen LogP contribution in [0.15, 0.2) is 65.0 Å². The Labute approximate surface area is 204 Å². The van der Waals surface area contributed by atoms with E-state index < -0.39 is 10.0 Å². The van der Waals surface area contributed by atoms with E-state index in [1.165, 1.54) is 15.2 Å². The number of hydrogen-bond donors (Lipinski definition) is 1. The fourth-order valence-electron chi connectivity index (χ4n) is 4.60. The van der Waals surface area contributed by atoms with Crippen molar-refractivity contribution in [2.45, 2.75) is 43.3 Å². The van der Waals surface area contributed by atoms with Gasteiger partial charge in [-0.15, -0.1) is 11.3 Å². The van der Waals surface area contributed by atoms with Gasteiger partial charge >= 0.3 is 0 Å². The highest BCUT2D eigenvalue weighted by atomic mass is 32.2. The molecule has 0 saturated carbocycles. The predicted octanol–water partition coefficient (Wildman–Crippen LogP) is 3.28. The Balaban J connectivity index is 1.19. The fraction of sp³-hybridized carbons (Fsp3) is 0.360. The number of sulfonamides is 1. The van der Waals surface area contributed by atoms with Gasteiger partial charge in [0.25, 0.3) is 5.91 Å². The topological polar surface area (TPSA) is 82.6 Å². The number of likely N-dealkylation sites (tertiary alicyclic amines) is 1. The van der Waals surface area contributed by atoms with Crippen molar-refractivity contribution in [3.05, 3.63) is 81.8 Å². The Morgan fingerprint density at radius 2 is 1.94 bits per heavy atom. The molecule has 4 heterocycles. The number of aromatic nitrogens is 1. The minimum absolute atomic E-state index is 0.0758. The summed E-state index contributed by atoms with van der Waals surface area (Å²) in [6.45, 7) is 3.42. The third-order valence-electron chi connectivity index (χ3n) is 6.54. The third-order valence-corrected chi connectivity index (χ3v) is 9.41. The number of pyridine rings is 1. The average molecular weight is 497 g/mol. The highest BCUT2D eigenvalue weighted by molar-refractivity contribution is 7.89. The lowest BCUT2D eigenvalue weighted by Gasteiger charge is -2.32. The predicted molar refractivity (Wildman–Crippen MR) is 132 cm³/mol.